The summed E-state index contributed by atoms with van der Waals surface area (Å²) in [5.41, 5.74) is 9.79. The van der Waals surface area contributed by atoms with Crippen molar-refractivity contribution in [3.8, 4) is 23.0 Å². The van der Waals surface area contributed by atoms with Gasteiger partial charge in [0.15, 0.2) is 11.5 Å². The molecule has 0 saturated heterocycles. The molecule has 0 amide bonds. The molecule has 0 radical (unpaired) electrons. The highest BCUT2D eigenvalue weighted by Crippen LogP contribution is 2.50. The molecule has 0 saturated carbocycles. The fraction of sp³-hybridized carbons (Fsp3) is 0.458. The van der Waals surface area contributed by atoms with Gasteiger partial charge in [-0.1, -0.05) is 132 Å². The van der Waals surface area contributed by atoms with Crippen molar-refractivity contribution in [1.82, 2.24) is 0 Å². The van der Waals surface area contributed by atoms with Gasteiger partial charge in [0.25, 0.3) is 0 Å². The van der Waals surface area contributed by atoms with E-state index in [9.17, 15) is 14.2 Å². The normalized spacial score (nSPS) is 17.3. The molecule has 0 bridgehead atoms. The Morgan fingerprint density at radius 3 is 1.05 bits per heavy atom. The fourth-order valence-corrected chi connectivity index (χ4v) is 8.81. The number of hydrogen-bond donors (Lipinski definition) is 0. The van der Waals surface area contributed by atoms with E-state index in [0.29, 0.717) is 23.0 Å². The van der Waals surface area contributed by atoms with E-state index in [1.807, 2.05) is 52.0 Å². The van der Waals surface area contributed by atoms with Crippen molar-refractivity contribution in [3.05, 3.63) is 115 Å². The van der Waals surface area contributed by atoms with E-state index in [4.69, 9.17) is 18.5 Å². The highest BCUT2D eigenvalue weighted by atomic mass is 31.1. The van der Waals surface area contributed by atoms with Crippen LogP contribution < -0.4 is 18.5 Å². The second kappa shape index (κ2) is 13.9. The number of hydrogen-bond acceptors (Lipinski definition) is 7. The van der Waals surface area contributed by atoms with Crippen LogP contribution in [-0.4, -0.2) is 11.9 Å². The number of benzene rings is 4. The lowest BCUT2D eigenvalue weighted by atomic mass is 9.77. The summed E-state index contributed by atoms with van der Waals surface area (Å²) >= 11 is 0. The largest absolute Gasteiger partial charge is 0.805 e. The number of carbonyl (C=O) groups excluding carboxylic acids is 2. The molecule has 2 aliphatic rings. The molecule has 6 rings (SSSR count). The van der Waals surface area contributed by atoms with Gasteiger partial charge in [0.05, 0.1) is 0 Å². The van der Waals surface area contributed by atoms with E-state index in [0.717, 1.165) is 66.8 Å². The van der Waals surface area contributed by atoms with Gasteiger partial charge in [0, 0.05) is 26.8 Å². The zero-order chi connectivity index (χ0) is 41.6. The van der Waals surface area contributed by atoms with Crippen LogP contribution in [0.15, 0.2) is 48.5 Å². The summed E-state index contributed by atoms with van der Waals surface area (Å²) < 4.78 is 37.6. The Morgan fingerprint density at radius 2 is 0.786 bits per heavy atom. The van der Waals surface area contributed by atoms with Crippen LogP contribution in [0.5, 0.6) is 23.0 Å². The summed E-state index contributed by atoms with van der Waals surface area (Å²) in [6, 6.07) is 16.2. The lowest BCUT2D eigenvalue weighted by Gasteiger charge is -2.27. The Morgan fingerprint density at radius 1 is 0.482 bits per heavy atom. The van der Waals surface area contributed by atoms with E-state index in [2.05, 4.69) is 107 Å². The number of ether oxygens (including phenoxy) is 2. The van der Waals surface area contributed by atoms with Crippen LogP contribution in [0.2, 0.25) is 0 Å². The minimum atomic E-state index is -2.64. The van der Waals surface area contributed by atoms with Gasteiger partial charge in [-0.05, 0) is 93.9 Å². The van der Waals surface area contributed by atoms with Gasteiger partial charge in [-0.2, -0.15) is 0 Å². The first-order valence-electron chi connectivity index (χ1n) is 19.5. The third-order valence-electron chi connectivity index (χ3n) is 11.0. The average molecular weight is 778 g/mol. The summed E-state index contributed by atoms with van der Waals surface area (Å²) in [5, 5.41) is 0. The first-order valence-corrected chi connectivity index (χ1v) is 20.6. The van der Waals surface area contributed by atoms with Crippen molar-refractivity contribution >= 4 is 20.2 Å². The minimum Gasteiger partial charge on any atom is -0.425 e. The molecule has 0 aliphatic carbocycles. The van der Waals surface area contributed by atoms with Crippen molar-refractivity contribution in [1.29, 1.82) is 0 Å². The first-order chi connectivity index (χ1) is 25.7. The van der Waals surface area contributed by atoms with E-state index in [1.165, 1.54) is 0 Å². The quantitative estimate of drug-likeness (QED) is 0.109. The Hall–Kier alpha value is -4.48. The van der Waals surface area contributed by atoms with Gasteiger partial charge in [-0.3, -0.25) is 9.59 Å². The lowest BCUT2D eigenvalue weighted by Crippen LogP contribution is -2.17. The molecule has 0 aromatic heterocycles. The van der Waals surface area contributed by atoms with E-state index < -0.39 is 20.1 Å². The highest BCUT2D eigenvalue weighted by molar-refractivity contribution is 7.34. The molecule has 2 heterocycles. The van der Waals surface area contributed by atoms with Crippen LogP contribution in [0.25, 0.3) is 0 Å². The standard InChI is InChI=1S/C48H58O7P/c1-25-17-29(37-33-21-31(45(5,6)7)23-35(47(11,12)13)41(33)52-43(37)49)18-26(2)39(25)54-56(51)55-40-27(3)19-30(20-28(40)4)38-34-22-32(46(8,9)10)24-36(48(14,15)16)42(34)53-44(38)50/h17-24,37-38H,1-16H3/q+1. The van der Waals surface area contributed by atoms with Crippen molar-refractivity contribution < 1.29 is 32.7 Å². The van der Waals surface area contributed by atoms with Crippen LogP contribution >= 0.6 is 8.25 Å². The molecule has 8 heteroatoms. The number of carbonyl (C=O) groups is 2. The van der Waals surface area contributed by atoms with Crippen molar-refractivity contribution in [2.45, 2.75) is 144 Å². The molecule has 0 fully saturated rings. The van der Waals surface area contributed by atoms with Crippen molar-refractivity contribution in [3.63, 3.8) is 0 Å². The maximum Gasteiger partial charge on any atom is 0.805 e. The number of esters is 2. The molecule has 0 N–H and O–H groups in total. The molecule has 0 spiro atoms. The first kappa shape index (κ1) is 41.2. The third kappa shape index (κ3) is 7.64. The molecule has 2 unspecified atom stereocenters. The van der Waals surface area contributed by atoms with E-state index in [1.54, 1.807) is 0 Å². The average Bonchev–Trinajstić information content (AvgIpc) is 3.56. The Kier molecular flexibility index (Phi) is 10.2. The van der Waals surface area contributed by atoms with Gasteiger partial charge in [-0.25, -0.2) is 9.05 Å². The van der Waals surface area contributed by atoms with Gasteiger partial charge < -0.3 is 9.47 Å². The number of aryl methyl sites for hydroxylation is 4. The van der Waals surface area contributed by atoms with Crippen LogP contribution in [-0.2, 0) is 35.8 Å². The Bertz CT molecular complexity index is 2100. The van der Waals surface area contributed by atoms with Crippen LogP contribution in [0.3, 0.4) is 0 Å². The number of fused-ring (bicyclic) bond motifs is 2. The summed E-state index contributed by atoms with van der Waals surface area (Å²) in [5.74, 6) is 0.322. The van der Waals surface area contributed by atoms with E-state index in [-0.39, 0.29) is 33.6 Å². The second-order valence-electron chi connectivity index (χ2n) is 20.0. The van der Waals surface area contributed by atoms with Crippen LogP contribution in [0.4, 0.5) is 0 Å². The molecule has 7 nitrogen and oxygen atoms in total. The van der Waals surface area contributed by atoms with Crippen molar-refractivity contribution in [2.24, 2.45) is 0 Å². The highest BCUT2D eigenvalue weighted by Gasteiger charge is 2.42. The fourth-order valence-electron chi connectivity index (χ4n) is 7.90. The molecule has 4 aromatic rings. The summed E-state index contributed by atoms with van der Waals surface area (Å²) in [6.07, 6.45) is 0. The molecule has 296 valence electrons. The zero-order valence-electron chi connectivity index (χ0n) is 36.1. The Balaban J connectivity index is 1.28. The Labute approximate surface area is 334 Å². The zero-order valence-corrected chi connectivity index (χ0v) is 37.0. The summed E-state index contributed by atoms with van der Waals surface area (Å²) in [4.78, 5) is 27.1. The topological polar surface area (TPSA) is 88.1 Å². The molecule has 2 aliphatic heterocycles. The van der Waals surface area contributed by atoms with Gasteiger partial charge >= 0.3 is 20.2 Å². The molecular formula is C48H58O7P+. The molecule has 4 aromatic carbocycles. The van der Waals surface area contributed by atoms with Crippen molar-refractivity contribution in [2.75, 3.05) is 0 Å². The molecular weight excluding hydrogens is 719 g/mol. The summed E-state index contributed by atoms with van der Waals surface area (Å²) in [7, 11) is -2.64. The lowest BCUT2D eigenvalue weighted by molar-refractivity contribution is -0.134. The minimum absolute atomic E-state index is 0.128. The smallest absolute Gasteiger partial charge is 0.425 e. The van der Waals surface area contributed by atoms with Gasteiger partial charge in [-0.15, -0.1) is 0 Å². The van der Waals surface area contributed by atoms with Gasteiger partial charge in [0.1, 0.15) is 23.3 Å². The number of rotatable bonds is 6. The van der Waals surface area contributed by atoms with Gasteiger partial charge in [0.2, 0.25) is 0 Å². The molecule has 2 atom stereocenters. The summed E-state index contributed by atoms with van der Waals surface area (Å²) in [6.45, 7) is 33.3. The molecule has 56 heavy (non-hydrogen) atoms. The van der Waals surface area contributed by atoms with E-state index >= 15 is 0 Å². The maximum absolute atomic E-state index is 13.6. The second-order valence-corrected chi connectivity index (χ2v) is 20.8. The van der Waals surface area contributed by atoms with Crippen LogP contribution in [0.1, 0.15) is 162 Å². The predicted molar refractivity (Wildman–Crippen MR) is 223 cm³/mol. The van der Waals surface area contributed by atoms with Crippen LogP contribution in [0, 0.1) is 27.7 Å². The predicted octanol–water partition coefficient (Wildman–Crippen LogP) is 12.3. The maximum atomic E-state index is 13.6. The monoisotopic (exact) mass is 777 g/mol. The third-order valence-corrected chi connectivity index (χ3v) is 11.7. The SMILES string of the molecule is Cc1cc(C2C(=O)Oc3c2cc(C(C)(C)C)cc3C(C)(C)C)cc(C)c1O[P+](=O)Oc1c(C)cc(C2C(=O)Oc3c2cc(C(C)(C)C)cc3C(C)(C)C)cc1C.